The summed E-state index contributed by atoms with van der Waals surface area (Å²) < 4.78 is 9.78. The van der Waals surface area contributed by atoms with Crippen LogP contribution in [0.5, 0.6) is 0 Å². The maximum Gasteiger partial charge on any atom is 0.333 e. The zero-order valence-corrected chi connectivity index (χ0v) is 18.7. The van der Waals surface area contributed by atoms with Crippen molar-refractivity contribution in [3.8, 4) is 0 Å². The van der Waals surface area contributed by atoms with Gasteiger partial charge in [-0.15, -0.1) is 0 Å². The van der Waals surface area contributed by atoms with Crippen molar-refractivity contribution in [2.24, 2.45) is 0 Å². The second kappa shape index (κ2) is 20.1. The van der Waals surface area contributed by atoms with Crippen LogP contribution < -0.4 is 5.32 Å². The van der Waals surface area contributed by atoms with Gasteiger partial charge in [-0.1, -0.05) is 39.3 Å². The summed E-state index contributed by atoms with van der Waals surface area (Å²) >= 11 is 0. The molecule has 1 atom stereocenters. The van der Waals surface area contributed by atoms with E-state index in [1.807, 2.05) is 0 Å². The third-order valence-corrected chi connectivity index (χ3v) is 3.81. The van der Waals surface area contributed by atoms with Gasteiger partial charge in [0.15, 0.2) is 0 Å². The molecule has 164 valence electrons. The molecule has 0 saturated carbocycles. The van der Waals surface area contributed by atoms with E-state index in [1.54, 1.807) is 6.92 Å². The first-order chi connectivity index (χ1) is 13.2. The maximum atomic E-state index is 11.0. The van der Waals surface area contributed by atoms with E-state index in [2.05, 4.69) is 51.3 Å². The van der Waals surface area contributed by atoms with Crippen molar-refractivity contribution in [1.82, 2.24) is 10.2 Å². The quantitative estimate of drug-likeness (QED) is 0.258. The summed E-state index contributed by atoms with van der Waals surface area (Å²) in [4.78, 5) is 23.8. The van der Waals surface area contributed by atoms with Crippen LogP contribution in [-0.2, 0) is 19.1 Å². The van der Waals surface area contributed by atoms with Crippen LogP contribution >= 0.6 is 0 Å². The molecular weight excluding hydrogens is 356 g/mol. The number of rotatable bonds is 15. The van der Waals surface area contributed by atoms with Crippen LogP contribution in [0.2, 0.25) is 0 Å². The van der Waals surface area contributed by atoms with Crippen LogP contribution in [0.4, 0.5) is 0 Å². The van der Waals surface area contributed by atoms with Crippen molar-refractivity contribution < 1.29 is 19.1 Å². The predicted molar refractivity (Wildman–Crippen MR) is 116 cm³/mol. The van der Waals surface area contributed by atoms with Crippen LogP contribution in [0, 0.1) is 0 Å². The Hall–Kier alpha value is -1.66. The van der Waals surface area contributed by atoms with Crippen LogP contribution in [0.1, 0.15) is 59.3 Å². The highest BCUT2D eigenvalue weighted by Gasteiger charge is 2.03. The van der Waals surface area contributed by atoms with Gasteiger partial charge in [0.2, 0.25) is 0 Å². The lowest BCUT2D eigenvalue weighted by Crippen LogP contribution is -2.29. The van der Waals surface area contributed by atoms with Gasteiger partial charge in [-0.25, -0.2) is 9.59 Å². The van der Waals surface area contributed by atoms with Crippen molar-refractivity contribution in [2.75, 3.05) is 40.4 Å². The second-order valence-electron chi connectivity index (χ2n) is 7.15. The third kappa shape index (κ3) is 22.4. The zero-order chi connectivity index (χ0) is 21.8. The fourth-order valence-electron chi connectivity index (χ4n) is 2.22. The Kier molecular flexibility index (Phi) is 20.5. The molecule has 0 aromatic heterocycles. The number of esters is 2. The van der Waals surface area contributed by atoms with Gasteiger partial charge in [0, 0.05) is 24.2 Å². The predicted octanol–water partition coefficient (Wildman–Crippen LogP) is 3.72. The summed E-state index contributed by atoms with van der Waals surface area (Å²) in [6.45, 7) is 15.5. The van der Waals surface area contributed by atoms with E-state index in [0.29, 0.717) is 31.4 Å². The first-order valence-corrected chi connectivity index (χ1v) is 10.2. The topological polar surface area (TPSA) is 67.9 Å². The third-order valence-electron chi connectivity index (χ3n) is 3.81. The molecule has 0 heterocycles. The molecule has 28 heavy (non-hydrogen) atoms. The molecular formula is C22H42N2O4. The molecule has 0 aromatic rings. The van der Waals surface area contributed by atoms with Crippen molar-refractivity contribution in [3.05, 3.63) is 24.8 Å². The Bertz CT molecular complexity index is 436. The lowest BCUT2D eigenvalue weighted by Gasteiger charge is -2.12. The van der Waals surface area contributed by atoms with Gasteiger partial charge in [0.05, 0.1) is 6.61 Å². The summed E-state index contributed by atoms with van der Waals surface area (Å²) in [5, 5.41) is 3.27. The SMILES string of the molecule is C=C(C)C(=O)OCCNC(C)CCC.C=CC(=O)OCCCCCCN(C)C. The number of hydrogen-bond donors (Lipinski definition) is 1. The molecule has 1 N–H and O–H groups in total. The maximum absolute atomic E-state index is 11.0. The summed E-state index contributed by atoms with van der Waals surface area (Å²) in [7, 11) is 4.15. The smallest absolute Gasteiger partial charge is 0.333 e. The number of ether oxygens (including phenoxy) is 2. The van der Waals surface area contributed by atoms with E-state index in [0.717, 1.165) is 25.8 Å². The Morgan fingerprint density at radius 1 is 1.11 bits per heavy atom. The monoisotopic (exact) mass is 398 g/mol. The van der Waals surface area contributed by atoms with Crippen LogP contribution in [0.15, 0.2) is 24.8 Å². The normalized spacial score (nSPS) is 11.2. The molecule has 0 aliphatic carbocycles. The number of carbonyl (C=O) groups is 2. The number of carbonyl (C=O) groups excluding carboxylic acids is 2. The van der Waals surface area contributed by atoms with E-state index in [9.17, 15) is 9.59 Å². The van der Waals surface area contributed by atoms with E-state index < -0.39 is 0 Å². The molecule has 0 saturated heterocycles. The Labute approximate surface area is 172 Å². The van der Waals surface area contributed by atoms with Crippen LogP contribution in [-0.4, -0.2) is 63.3 Å². The molecule has 0 rings (SSSR count). The summed E-state index contributed by atoms with van der Waals surface area (Å²) in [6, 6.07) is 0.489. The molecule has 0 spiro atoms. The first-order valence-electron chi connectivity index (χ1n) is 10.2. The fraction of sp³-hybridized carbons (Fsp3) is 0.727. The van der Waals surface area contributed by atoms with E-state index >= 15 is 0 Å². The zero-order valence-electron chi connectivity index (χ0n) is 18.7. The first kappa shape index (κ1) is 28.5. The number of nitrogens with one attached hydrogen (secondary N) is 1. The van der Waals surface area contributed by atoms with Crippen molar-refractivity contribution in [1.29, 1.82) is 0 Å². The lowest BCUT2D eigenvalue weighted by molar-refractivity contribution is -0.139. The van der Waals surface area contributed by atoms with Gasteiger partial charge in [-0.05, 0) is 53.8 Å². The highest BCUT2D eigenvalue weighted by atomic mass is 16.5. The van der Waals surface area contributed by atoms with Crippen molar-refractivity contribution >= 4 is 11.9 Å². The highest BCUT2D eigenvalue weighted by molar-refractivity contribution is 5.86. The number of hydrogen-bond acceptors (Lipinski definition) is 6. The van der Waals surface area contributed by atoms with Crippen LogP contribution in [0.25, 0.3) is 0 Å². The standard InChI is InChI=1S/2C11H21NO2/c1-5-6-10(4)12-7-8-14-11(13)9(2)3;1-4-11(13)14-10-8-6-5-7-9-12(2)3/h10,12H,2,5-8H2,1,3-4H3;4H,1,5-10H2,2-3H3. The summed E-state index contributed by atoms with van der Waals surface area (Å²) in [5.41, 5.74) is 0.451. The molecule has 0 aliphatic heterocycles. The van der Waals surface area contributed by atoms with Crippen molar-refractivity contribution in [2.45, 2.75) is 65.3 Å². The van der Waals surface area contributed by atoms with Gasteiger partial charge in [-0.3, -0.25) is 0 Å². The van der Waals surface area contributed by atoms with Crippen LogP contribution in [0.3, 0.4) is 0 Å². The molecule has 0 radical (unpaired) electrons. The molecule has 6 nitrogen and oxygen atoms in total. The summed E-state index contributed by atoms with van der Waals surface area (Å²) in [6.07, 6.45) is 8.00. The molecule has 0 amide bonds. The van der Waals surface area contributed by atoms with E-state index in [4.69, 9.17) is 9.47 Å². The largest absolute Gasteiger partial charge is 0.463 e. The minimum Gasteiger partial charge on any atom is -0.463 e. The summed E-state index contributed by atoms with van der Waals surface area (Å²) in [5.74, 6) is -0.631. The Morgan fingerprint density at radius 2 is 1.75 bits per heavy atom. The van der Waals surface area contributed by atoms with E-state index in [1.165, 1.54) is 25.3 Å². The number of unbranched alkanes of at least 4 members (excludes halogenated alkanes) is 3. The molecule has 0 aromatic carbocycles. The fourth-order valence-corrected chi connectivity index (χ4v) is 2.22. The second-order valence-corrected chi connectivity index (χ2v) is 7.15. The molecule has 6 heteroatoms. The van der Waals surface area contributed by atoms with Crippen molar-refractivity contribution in [3.63, 3.8) is 0 Å². The lowest BCUT2D eigenvalue weighted by atomic mass is 10.2. The highest BCUT2D eigenvalue weighted by Crippen LogP contribution is 2.00. The van der Waals surface area contributed by atoms with Gasteiger partial charge >= 0.3 is 11.9 Å². The van der Waals surface area contributed by atoms with E-state index in [-0.39, 0.29) is 11.9 Å². The average molecular weight is 399 g/mol. The van der Waals surface area contributed by atoms with Gasteiger partial charge in [-0.2, -0.15) is 0 Å². The molecule has 1 unspecified atom stereocenters. The Balaban J connectivity index is 0. The number of nitrogens with zero attached hydrogens (tertiary/aromatic N) is 1. The van der Waals surface area contributed by atoms with Gasteiger partial charge < -0.3 is 19.7 Å². The minimum atomic E-state index is -0.321. The van der Waals surface area contributed by atoms with Gasteiger partial charge in [0.1, 0.15) is 6.61 Å². The average Bonchev–Trinajstić information content (AvgIpc) is 2.64. The molecule has 0 fully saturated rings. The molecule has 0 aliphatic rings. The minimum absolute atomic E-state index is 0.310. The van der Waals surface area contributed by atoms with Gasteiger partial charge in [0.25, 0.3) is 0 Å². The molecule has 0 bridgehead atoms. The Morgan fingerprint density at radius 3 is 2.29 bits per heavy atom.